The summed E-state index contributed by atoms with van der Waals surface area (Å²) >= 11 is 0. The summed E-state index contributed by atoms with van der Waals surface area (Å²) in [4.78, 5) is 23.6. The van der Waals surface area contributed by atoms with Gasteiger partial charge in [0.05, 0.1) is 6.04 Å². The summed E-state index contributed by atoms with van der Waals surface area (Å²) in [5, 5.41) is 0. The van der Waals surface area contributed by atoms with Crippen molar-refractivity contribution in [1.29, 1.82) is 0 Å². The summed E-state index contributed by atoms with van der Waals surface area (Å²) in [6.45, 7) is 6.03. The topological polar surface area (TPSA) is 60.2 Å². The van der Waals surface area contributed by atoms with E-state index in [4.69, 9.17) is 5.73 Å². The number of carbonyl (C=O) groups is 2. The third-order valence-electron chi connectivity index (χ3n) is 5.30. The van der Waals surface area contributed by atoms with E-state index in [-0.39, 0.29) is 17.5 Å². The van der Waals surface area contributed by atoms with Crippen LogP contribution in [0.3, 0.4) is 0 Å². The Morgan fingerprint density at radius 1 is 0.654 bits per heavy atom. The lowest BCUT2D eigenvalue weighted by atomic mass is 9.96. The van der Waals surface area contributed by atoms with Crippen molar-refractivity contribution in [2.24, 2.45) is 11.7 Å². The van der Waals surface area contributed by atoms with Gasteiger partial charge in [-0.15, -0.1) is 0 Å². The molecule has 0 aromatic rings. The van der Waals surface area contributed by atoms with E-state index in [1.165, 1.54) is 83.5 Å². The summed E-state index contributed by atoms with van der Waals surface area (Å²) in [6.07, 6.45) is 19.9. The number of ketones is 2. The summed E-state index contributed by atoms with van der Waals surface area (Å²) < 4.78 is 0. The average molecular weight is 368 g/mol. The van der Waals surface area contributed by atoms with E-state index in [1.54, 1.807) is 0 Å². The van der Waals surface area contributed by atoms with Crippen molar-refractivity contribution in [3.8, 4) is 0 Å². The van der Waals surface area contributed by atoms with Crippen molar-refractivity contribution in [3.63, 3.8) is 0 Å². The van der Waals surface area contributed by atoms with E-state index in [2.05, 4.69) is 6.92 Å². The van der Waals surface area contributed by atoms with Crippen LogP contribution >= 0.6 is 0 Å². The predicted octanol–water partition coefficient (Wildman–Crippen LogP) is 6.37. The van der Waals surface area contributed by atoms with Gasteiger partial charge in [0, 0.05) is 6.42 Å². The molecule has 0 saturated carbocycles. The molecule has 0 fully saturated rings. The zero-order valence-corrected chi connectivity index (χ0v) is 17.9. The van der Waals surface area contributed by atoms with E-state index >= 15 is 0 Å². The highest BCUT2D eigenvalue weighted by Gasteiger charge is 2.23. The van der Waals surface area contributed by atoms with E-state index in [0.29, 0.717) is 6.42 Å². The molecular weight excluding hydrogens is 322 g/mol. The van der Waals surface area contributed by atoms with Gasteiger partial charge in [-0.05, 0) is 12.3 Å². The summed E-state index contributed by atoms with van der Waals surface area (Å²) in [5.74, 6) is -0.626. The first-order valence-corrected chi connectivity index (χ1v) is 11.3. The highest BCUT2D eigenvalue weighted by Crippen LogP contribution is 2.14. The van der Waals surface area contributed by atoms with Gasteiger partial charge in [-0.3, -0.25) is 9.59 Å². The Kier molecular flexibility index (Phi) is 17.2. The number of hydrogen-bond acceptors (Lipinski definition) is 3. The molecule has 0 heterocycles. The van der Waals surface area contributed by atoms with Crippen molar-refractivity contribution in [3.05, 3.63) is 0 Å². The Balaban J connectivity index is 3.31. The van der Waals surface area contributed by atoms with E-state index in [1.807, 2.05) is 13.8 Å². The standard InChI is InChI=1S/C23H45NO2/c1-4-5-6-7-8-9-10-11-12-13-14-15-16-17-18-19-21(25)23(26)22(24)20(2)3/h20,22H,4-19,24H2,1-3H3/t22-/m0/s1. The fourth-order valence-electron chi connectivity index (χ4n) is 3.27. The van der Waals surface area contributed by atoms with Crippen molar-refractivity contribution in [2.75, 3.05) is 0 Å². The Morgan fingerprint density at radius 3 is 1.35 bits per heavy atom. The van der Waals surface area contributed by atoms with Gasteiger partial charge < -0.3 is 5.73 Å². The molecule has 0 bridgehead atoms. The lowest BCUT2D eigenvalue weighted by Gasteiger charge is -2.12. The molecule has 0 spiro atoms. The van der Waals surface area contributed by atoms with Gasteiger partial charge in [-0.25, -0.2) is 0 Å². The number of Topliss-reactive ketones (excluding diaryl/α,β-unsaturated/α-hetero) is 2. The molecule has 26 heavy (non-hydrogen) atoms. The molecule has 0 unspecified atom stereocenters. The number of unbranched alkanes of at least 4 members (excludes halogenated alkanes) is 14. The Hall–Kier alpha value is -0.700. The van der Waals surface area contributed by atoms with Crippen LogP contribution in [0.2, 0.25) is 0 Å². The van der Waals surface area contributed by atoms with Gasteiger partial charge in [0.2, 0.25) is 5.78 Å². The van der Waals surface area contributed by atoms with Crippen LogP contribution in [0.4, 0.5) is 0 Å². The monoisotopic (exact) mass is 367 g/mol. The van der Waals surface area contributed by atoms with Crippen LogP contribution in [0, 0.1) is 5.92 Å². The molecule has 1 atom stereocenters. The quantitative estimate of drug-likeness (QED) is 0.213. The van der Waals surface area contributed by atoms with Crippen molar-refractivity contribution in [1.82, 2.24) is 0 Å². The van der Waals surface area contributed by atoms with Crippen LogP contribution < -0.4 is 5.73 Å². The van der Waals surface area contributed by atoms with Crippen LogP contribution in [-0.4, -0.2) is 17.6 Å². The summed E-state index contributed by atoms with van der Waals surface area (Å²) in [5.41, 5.74) is 5.75. The molecule has 0 aromatic heterocycles. The molecule has 0 radical (unpaired) electrons. The molecule has 2 N–H and O–H groups in total. The van der Waals surface area contributed by atoms with Crippen molar-refractivity contribution in [2.45, 2.75) is 130 Å². The number of nitrogens with two attached hydrogens (primary N) is 1. The second-order valence-electron chi connectivity index (χ2n) is 8.26. The van der Waals surface area contributed by atoms with Crippen LogP contribution in [0.25, 0.3) is 0 Å². The first-order valence-electron chi connectivity index (χ1n) is 11.3. The molecule has 0 rings (SSSR count). The molecule has 0 aliphatic carbocycles. The molecule has 0 saturated heterocycles. The Labute approximate surface area is 162 Å². The van der Waals surface area contributed by atoms with Crippen LogP contribution in [0.15, 0.2) is 0 Å². The van der Waals surface area contributed by atoms with Gasteiger partial charge in [0.15, 0.2) is 5.78 Å². The second-order valence-corrected chi connectivity index (χ2v) is 8.26. The fourth-order valence-corrected chi connectivity index (χ4v) is 3.27. The maximum Gasteiger partial charge on any atom is 0.215 e. The third kappa shape index (κ3) is 14.5. The van der Waals surface area contributed by atoms with Crippen LogP contribution in [0.5, 0.6) is 0 Å². The first kappa shape index (κ1) is 25.3. The first-order chi connectivity index (χ1) is 12.5. The van der Waals surface area contributed by atoms with Gasteiger partial charge in [-0.1, -0.05) is 111 Å². The molecule has 3 heteroatoms. The Bertz CT molecular complexity index is 352. The molecule has 0 amide bonds. The number of carbonyl (C=O) groups excluding carboxylic acids is 2. The van der Waals surface area contributed by atoms with Gasteiger partial charge in [0.1, 0.15) is 0 Å². The minimum atomic E-state index is -0.626. The zero-order valence-electron chi connectivity index (χ0n) is 17.9. The molecule has 0 aromatic carbocycles. The molecule has 0 aliphatic rings. The van der Waals surface area contributed by atoms with E-state index in [9.17, 15) is 9.59 Å². The highest BCUT2D eigenvalue weighted by atomic mass is 16.2. The smallest absolute Gasteiger partial charge is 0.215 e. The maximum absolute atomic E-state index is 11.8. The second kappa shape index (κ2) is 17.7. The van der Waals surface area contributed by atoms with E-state index in [0.717, 1.165) is 12.8 Å². The number of rotatable bonds is 19. The number of hydrogen-bond donors (Lipinski definition) is 1. The molecular formula is C23H45NO2. The zero-order chi connectivity index (χ0) is 19.6. The summed E-state index contributed by atoms with van der Waals surface area (Å²) in [7, 11) is 0. The normalized spacial score (nSPS) is 12.5. The lowest BCUT2D eigenvalue weighted by Crippen LogP contribution is -2.40. The summed E-state index contributed by atoms with van der Waals surface area (Å²) in [6, 6.07) is -0.626. The fraction of sp³-hybridized carbons (Fsp3) is 0.913. The average Bonchev–Trinajstić information content (AvgIpc) is 2.63. The highest BCUT2D eigenvalue weighted by molar-refractivity contribution is 6.39. The minimum absolute atomic E-state index is 0.0347. The third-order valence-corrected chi connectivity index (χ3v) is 5.30. The van der Waals surface area contributed by atoms with Crippen LogP contribution in [-0.2, 0) is 9.59 Å². The van der Waals surface area contributed by atoms with Gasteiger partial charge >= 0.3 is 0 Å². The SMILES string of the molecule is CCCCCCCCCCCCCCCCCC(=O)C(=O)[C@@H](N)C(C)C. The van der Waals surface area contributed by atoms with Gasteiger partial charge in [-0.2, -0.15) is 0 Å². The van der Waals surface area contributed by atoms with Crippen molar-refractivity contribution >= 4 is 11.6 Å². The van der Waals surface area contributed by atoms with Crippen LogP contribution in [0.1, 0.15) is 124 Å². The maximum atomic E-state index is 11.8. The minimum Gasteiger partial charge on any atom is -0.321 e. The Morgan fingerprint density at radius 2 is 1.00 bits per heavy atom. The van der Waals surface area contributed by atoms with Crippen molar-refractivity contribution < 1.29 is 9.59 Å². The lowest BCUT2D eigenvalue weighted by molar-refractivity contribution is -0.137. The van der Waals surface area contributed by atoms with Gasteiger partial charge in [0.25, 0.3) is 0 Å². The molecule has 3 nitrogen and oxygen atoms in total. The van der Waals surface area contributed by atoms with E-state index < -0.39 is 6.04 Å². The predicted molar refractivity (Wildman–Crippen MR) is 112 cm³/mol. The largest absolute Gasteiger partial charge is 0.321 e. The molecule has 154 valence electrons. The molecule has 0 aliphatic heterocycles.